The number of aromatic nitrogens is 3. The van der Waals surface area contributed by atoms with Gasteiger partial charge in [0.15, 0.2) is 0 Å². The molecule has 4 aromatic rings. The van der Waals surface area contributed by atoms with Crippen LogP contribution in [0.4, 0.5) is 0 Å². The van der Waals surface area contributed by atoms with E-state index in [9.17, 15) is 9.90 Å². The summed E-state index contributed by atoms with van der Waals surface area (Å²) < 4.78 is 13.7. The topological polar surface area (TPSA) is 78.0 Å². The molecule has 4 rings (SSSR count). The first kappa shape index (κ1) is 20.7. The maximum atomic E-state index is 13.1. The summed E-state index contributed by atoms with van der Waals surface area (Å²) in [5.74, 6) is 1.13. The predicted octanol–water partition coefficient (Wildman–Crippen LogP) is 3.53. The number of nitrogens with zero attached hydrogens (tertiary/aromatic N) is 3. The highest BCUT2D eigenvalue weighted by molar-refractivity contribution is 5.68. The van der Waals surface area contributed by atoms with Crippen molar-refractivity contribution in [2.45, 2.75) is 26.5 Å². The van der Waals surface area contributed by atoms with E-state index in [0.717, 1.165) is 16.8 Å². The molecule has 0 fully saturated rings. The van der Waals surface area contributed by atoms with Gasteiger partial charge in [0.1, 0.15) is 23.1 Å². The van der Waals surface area contributed by atoms with E-state index in [2.05, 4.69) is 11.2 Å². The Morgan fingerprint density at radius 2 is 1.84 bits per heavy atom. The highest BCUT2D eigenvalue weighted by atomic mass is 16.5. The van der Waals surface area contributed by atoms with Crippen molar-refractivity contribution in [1.82, 2.24) is 14.2 Å². The molecule has 0 amide bonds. The zero-order valence-corrected chi connectivity index (χ0v) is 18.0. The fourth-order valence-corrected chi connectivity index (χ4v) is 3.79. The summed E-state index contributed by atoms with van der Waals surface area (Å²) in [5, 5.41) is 15.4. The van der Waals surface area contributed by atoms with E-state index in [1.165, 1.54) is 17.2 Å². The van der Waals surface area contributed by atoms with Crippen LogP contribution in [0.25, 0.3) is 16.8 Å². The van der Waals surface area contributed by atoms with E-state index in [1.807, 2.05) is 26.0 Å². The van der Waals surface area contributed by atoms with Crippen LogP contribution in [-0.4, -0.2) is 33.5 Å². The Morgan fingerprint density at radius 3 is 2.55 bits per heavy atom. The summed E-state index contributed by atoms with van der Waals surface area (Å²) >= 11 is 0. The molecular weight excluding hydrogens is 394 g/mol. The van der Waals surface area contributed by atoms with Crippen LogP contribution in [0.1, 0.15) is 22.8 Å². The molecule has 2 aromatic heterocycles. The van der Waals surface area contributed by atoms with Crippen LogP contribution < -0.4 is 15.0 Å². The summed E-state index contributed by atoms with van der Waals surface area (Å²) in [6.45, 7) is 4.15. The van der Waals surface area contributed by atoms with Gasteiger partial charge in [0, 0.05) is 23.5 Å². The molecule has 0 aliphatic carbocycles. The number of ether oxygens (including phenoxy) is 2. The second-order valence-electron chi connectivity index (χ2n) is 7.56. The lowest BCUT2D eigenvalue weighted by Crippen LogP contribution is -2.24. The Morgan fingerprint density at radius 1 is 1.03 bits per heavy atom. The third-order valence-electron chi connectivity index (χ3n) is 5.43. The number of aliphatic hydroxyl groups is 1. The molecule has 31 heavy (non-hydrogen) atoms. The average molecular weight is 419 g/mol. The minimum Gasteiger partial charge on any atom is -0.497 e. The average Bonchev–Trinajstić information content (AvgIpc) is 3.20. The Bertz CT molecular complexity index is 1310. The first-order valence-electron chi connectivity index (χ1n) is 9.97. The van der Waals surface area contributed by atoms with Crippen molar-refractivity contribution in [2.24, 2.45) is 0 Å². The third kappa shape index (κ3) is 3.92. The van der Waals surface area contributed by atoms with Gasteiger partial charge in [-0.1, -0.05) is 23.8 Å². The van der Waals surface area contributed by atoms with Gasteiger partial charge in [-0.3, -0.25) is 4.79 Å². The largest absolute Gasteiger partial charge is 0.497 e. The van der Waals surface area contributed by atoms with Gasteiger partial charge in [-0.25, -0.2) is 4.52 Å². The zero-order valence-electron chi connectivity index (χ0n) is 18.0. The molecule has 7 nitrogen and oxygen atoms in total. The highest BCUT2D eigenvalue weighted by Gasteiger charge is 2.17. The quantitative estimate of drug-likeness (QED) is 0.517. The highest BCUT2D eigenvalue weighted by Crippen LogP contribution is 2.30. The fourth-order valence-electron chi connectivity index (χ4n) is 3.79. The maximum absolute atomic E-state index is 13.1. The first-order chi connectivity index (χ1) is 14.9. The van der Waals surface area contributed by atoms with Crippen molar-refractivity contribution in [3.63, 3.8) is 0 Å². The van der Waals surface area contributed by atoms with Crippen LogP contribution in [0.5, 0.6) is 11.5 Å². The van der Waals surface area contributed by atoms with E-state index in [-0.39, 0.29) is 12.1 Å². The molecule has 0 unspecified atom stereocenters. The van der Waals surface area contributed by atoms with Gasteiger partial charge >= 0.3 is 0 Å². The number of aliphatic hydroxyl groups excluding tert-OH is 1. The SMILES string of the molecule is COc1ccc(OC)c([C@@H](O)Cn2ccn3nc(-c4ccc(C)cc4C)cc3c2=O)c1. The molecule has 0 saturated heterocycles. The molecule has 1 atom stereocenters. The van der Waals surface area contributed by atoms with E-state index in [0.29, 0.717) is 22.6 Å². The number of fused-ring (bicyclic) bond motifs is 1. The van der Waals surface area contributed by atoms with Gasteiger partial charge in [-0.15, -0.1) is 0 Å². The van der Waals surface area contributed by atoms with Crippen molar-refractivity contribution < 1.29 is 14.6 Å². The second kappa shape index (κ2) is 8.28. The number of rotatable bonds is 6. The van der Waals surface area contributed by atoms with E-state index < -0.39 is 6.10 Å². The summed E-state index contributed by atoms with van der Waals surface area (Å²) in [7, 11) is 3.10. The molecular formula is C24H25N3O4. The van der Waals surface area contributed by atoms with Crippen molar-refractivity contribution in [2.75, 3.05) is 14.2 Å². The Balaban J connectivity index is 1.70. The van der Waals surface area contributed by atoms with Crippen LogP contribution >= 0.6 is 0 Å². The van der Waals surface area contributed by atoms with Gasteiger partial charge in [0.2, 0.25) is 0 Å². The third-order valence-corrected chi connectivity index (χ3v) is 5.43. The minimum atomic E-state index is -0.952. The summed E-state index contributed by atoms with van der Waals surface area (Å²) in [6, 6.07) is 13.1. The lowest BCUT2D eigenvalue weighted by Gasteiger charge is -2.17. The van der Waals surface area contributed by atoms with Crippen LogP contribution in [0.2, 0.25) is 0 Å². The standard InChI is InChI=1S/C24H25N3O4/c1-15-5-7-18(16(2)11-15)20-13-21-24(29)26(9-10-27(21)25-20)14-22(28)19-12-17(30-3)6-8-23(19)31-4/h5-13,22,28H,14H2,1-4H3/t22-/m0/s1. The molecule has 0 saturated carbocycles. The molecule has 0 radical (unpaired) electrons. The maximum Gasteiger partial charge on any atom is 0.276 e. The van der Waals surface area contributed by atoms with Crippen molar-refractivity contribution >= 4 is 5.52 Å². The van der Waals surface area contributed by atoms with E-state index in [4.69, 9.17) is 9.47 Å². The van der Waals surface area contributed by atoms with Crippen LogP contribution in [0.15, 0.2) is 59.7 Å². The smallest absolute Gasteiger partial charge is 0.276 e. The van der Waals surface area contributed by atoms with Crippen molar-refractivity contribution in [1.29, 1.82) is 0 Å². The fraction of sp³-hybridized carbons (Fsp3) is 0.250. The number of hydrogen-bond donors (Lipinski definition) is 1. The lowest BCUT2D eigenvalue weighted by molar-refractivity contribution is 0.151. The molecule has 1 N–H and O–H groups in total. The summed E-state index contributed by atoms with van der Waals surface area (Å²) in [5.41, 5.74) is 4.77. The van der Waals surface area contributed by atoms with Gasteiger partial charge < -0.3 is 19.1 Å². The van der Waals surface area contributed by atoms with Crippen LogP contribution in [0.3, 0.4) is 0 Å². The van der Waals surface area contributed by atoms with Crippen molar-refractivity contribution in [3.05, 3.63) is 81.9 Å². The monoisotopic (exact) mass is 419 g/mol. The first-order valence-corrected chi connectivity index (χ1v) is 9.97. The van der Waals surface area contributed by atoms with Gasteiger partial charge in [0.05, 0.1) is 26.5 Å². The summed E-state index contributed by atoms with van der Waals surface area (Å²) in [4.78, 5) is 13.1. The Kier molecular flexibility index (Phi) is 5.52. The molecule has 2 aromatic carbocycles. The normalized spacial score (nSPS) is 12.2. The van der Waals surface area contributed by atoms with E-state index in [1.54, 1.807) is 48.3 Å². The lowest BCUT2D eigenvalue weighted by atomic mass is 10.0. The molecule has 7 heteroatoms. The number of aryl methyl sites for hydroxylation is 2. The molecule has 0 aliphatic heterocycles. The minimum absolute atomic E-state index is 0.0724. The molecule has 0 aliphatic rings. The van der Waals surface area contributed by atoms with Gasteiger partial charge in [-0.2, -0.15) is 5.10 Å². The number of hydrogen-bond acceptors (Lipinski definition) is 5. The number of benzene rings is 2. The molecule has 2 heterocycles. The zero-order chi connectivity index (χ0) is 22.1. The Labute approximate surface area is 180 Å². The summed E-state index contributed by atoms with van der Waals surface area (Å²) in [6.07, 6.45) is 2.40. The van der Waals surface area contributed by atoms with Crippen LogP contribution in [0, 0.1) is 13.8 Å². The molecule has 0 spiro atoms. The molecule has 0 bridgehead atoms. The predicted molar refractivity (Wildman–Crippen MR) is 119 cm³/mol. The second-order valence-corrected chi connectivity index (χ2v) is 7.56. The van der Waals surface area contributed by atoms with Crippen LogP contribution in [-0.2, 0) is 6.54 Å². The van der Waals surface area contributed by atoms with Gasteiger partial charge in [0.25, 0.3) is 5.56 Å². The van der Waals surface area contributed by atoms with Crippen molar-refractivity contribution in [3.8, 4) is 22.8 Å². The Hall–Kier alpha value is -3.58. The van der Waals surface area contributed by atoms with E-state index >= 15 is 0 Å². The molecule has 160 valence electrons. The number of methoxy groups -OCH3 is 2. The van der Waals surface area contributed by atoms with Gasteiger partial charge in [-0.05, 0) is 43.7 Å².